The third-order valence-electron chi connectivity index (χ3n) is 3.53. The molecule has 21 heavy (non-hydrogen) atoms. The van der Waals surface area contributed by atoms with Crippen LogP contribution in [0.3, 0.4) is 0 Å². The summed E-state index contributed by atoms with van der Waals surface area (Å²) in [5.41, 5.74) is 4.08. The number of benzene rings is 2. The summed E-state index contributed by atoms with van der Waals surface area (Å²) in [6.45, 7) is 7.49. The van der Waals surface area contributed by atoms with Gasteiger partial charge in [-0.15, -0.1) is 11.8 Å². The van der Waals surface area contributed by atoms with Gasteiger partial charge in [-0.1, -0.05) is 54.4 Å². The summed E-state index contributed by atoms with van der Waals surface area (Å²) in [5.74, 6) is 1.10. The molecule has 0 aliphatic heterocycles. The van der Waals surface area contributed by atoms with Gasteiger partial charge in [-0.25, -0.2) is 0 Å². The lowest BCUT2D eigenvalue weighted by molar-refractivity contribution is 0.572. The van der Waals surface area contributed by atoms with Crippen molar-refractivity contribution in [2.45, 2.75) is 38.1 Å². The molecule has 0 bridgehead atoms. The minimum Gasteiger partial charge on any atom is -0.313 e. The number of aryl methyl sites for hydroxylation is 2. The smallest absolute Gasteiger partial charge is 0.0201 e. The van der Waals surface area contributed by atoms with Crippen molar-refractivity contribution < 1.29 is 0 Å². The van der Waals surface area contributed by atoms with Crippen LogP contribution in [-0.2, 0) is 6.42 Å². The molecular weight excluding hydrogens is 274 g/mol. The highest BCUT2D eigenvalue weighted by Gasteiger charge is 2.09. The molecule has 2 rings (SSSR count). The second-order valence-electron chi connectivity index (χ2n) is 5.57. The van der Waals surface area contributed by atoms with E-state index in [-0.39, 0.29) is 0 Å². The van der Waals surface area contributed by atoms with Gasteiger partial charge in [0.1, 0.15) is 0 Å². The Hall–Kier alpha value is -1.25. The summed E-state index contributed by atoms with van der Waals surface area (Å²) < 4.78 is 0. The molecule has 1 nitrogen and oxygen atoms in total. The van der Waals surface area contributed by atoms with Crippen LogP contribution in [0.2, 0.25) is 0 Å². The number of nitrogens with one attached hydrogen (secondary N) is 1. The van der Waals surface area contributed by atoms with Crippen LogP contribution in [0, 0.1) is 13.8 Å². The number of hydrogen-bond acceptors (Lipinski definition) is 2. The normalized spacial score (nSPS) is 12.3. The van der Waals surface area contributed by atoms with Crippen molar-refractivity contribution in [3.63, 3.8) is 0 Å². The molecule has 0 aromatic heterocycles. The van der Waals surface area contributed by atoms with Gasteiger partial charge in [0.05, 0.1) is 0 Å². The van der Waals surface area contributed by atoms with Crippen LogP contribution in [-0.4, -0.2) is 18.3 Å². The summed E-state index contributed by atoms with van der Waals surface area (Å²) in [5, 5.41) is 3.61. The van der Waals surface area contributed by atoms with Gasteiger partial charge in [-0.3, -0.25) is 0 Å². The number of likely N-dealkylation sites (N-methyl/N-ethyl adjacent to an activating group) is 1. The number of rotatable bonds is 7. The Balaban J connectivity index is 1.93. The molecule has 1 atom stereocenters. The predicted molar refractivity (Wildman–Crippen MR) is 94.3 cm³/mol. The summed E-state index contributed by atoms with van der Waals surface area (Å²) >= 11 is 1.94. The molecule has 0 spiro atoms. The largest absolute Gasteiger partial charge is 0.313 e. The van der Waals surface area contributed by atoms with Crippen LogP contribution < -0.4 is 5.32 Å². The Kier molecular flexibility index (Phi) is 6.34. The van der Waals surface area contributed by atoms with E-state index >= 15 is 0 Å². The standard InChI is InChI=1S/C19H25NS/c1-4-20-18(13-17-7-5-6-16(3)12-17)14-21-19-10-8-15(2)9-11-19/h5-12,18,20H,4,13-14H2,1-3H3. The Morgan fingerprint density at radius 3 is 2.43 bits per heavy atom. The lowest BCUT2D eigenvalue weighted by Crippen LogP contribution is -2.33. The third kappa shape index (κ3) is 5.56. The van der Waals surface area contributed by atoms with Crippen molar-refractivity contribution in [1.82, 2.24) is 5.32 Å². The van der Waals surface area contributed by atoms with Gasteiger partial charge in [-0.05, 0) is 44.5 Å². The van der Waals surface area contributed by atoms with Crippen LogP contribution in [0.5, 0.6) is 0 Å². The molecule has 0 fully saturated rings. The van der Waals surface area contributed by atoms with Crippen LogP contribution >= 0.6 is 11.8 Å². The first-order chi connectivity index (χ1) is 10.2. The number of hydrogen-bond donors (Lipinski definition) is 1. The summed E-state index contributed by atoms with van der Waals surface area (Å²) in [6.07, 6.45) is 1.09. The summed E-state index contributed by atoms with van der Waals surface area (Å²) in [7, 11) is 0. The molecule has 0 heterocycles. The maximum Gasteiger partial charge on any atom is 0.0201 e. The Bertz CT molecular complexity index is 548. The molecule has 0 saturated heterocycles. The summed E-state index contributed by atoms with van der Waals surface area (Å²) in [4.78, 5) is 1.35. The van der Waals surface area contributed by atoms with Crippen LogP contribution in [0.1, 0.15) is 23.6 Å². The highest BCUT2D eigenvalue weighted by molar-refractivity contribution is 7.99. The molecule has 0 aliphatic rings. The maximum absolute atomic E-state index is 3.61. The van der Waals surface area contributed by atoms with Gasteiger partial charge in [0.2, 0.25) is 0 Å². The molecule has 0 saturated carbocycles. The Morgan fingerprint density at radius 2 is 1.76 bits per heavy atom. The van der Waals surface area contributed by atoms with Crippen LogP contribution in [0.15, 0.2) is 53.4 Å². The van der Waals surface area contributed by atoms with Crippen molar-refractivity contribution >= 4 is 11.8 Å². The van der Waals surface area contributed by atoms with Crippen molar-refractivity contribution in [2.75, 3.05) is 12.3 Å². The fourth-order valence-electron chi connectivity index (χ4n) is 2.43. The monoisotopic (exact) mass is 299 g/mol. The quantitative estimate of drug-likeness (QED) is 0.749. The number of thioether (sulfide) groups is 1. The SMILES string of the molecule is CCNC(CSc1ccc(C)cc1)Cc1cccc(C)c1. The zero-order valence-electron chi connectivity index (χ0n) is 13.2. The average molecular weight is 299 g/mol. The van der Waals surface area contributed by atoms with Crippen molar-refractivity contribution in [2.24, 2.45) is 0 Å². The summed E-state index contributed by atoms with van der Waals surface area (Å²) in [6, 6.07) is 18.2. The van der Waals surface area contributed by atoms with E-state index in [2.05, 4.69) is 74.6 Å². The molecule has 2 aromatic rings. The van der Waals surface area contributed by atoms with Crippen molar-refractivity contribution in [3.8, 4) is 0 Å². The van der Waals surface area contributed by atoms with E-state index in [1.54, 1.807) is 0 Å². The molecule has 0 radical (unpaired) electrons. The van der Waals surface area contributed by atoms with Crippen molar-refractivity contribution in [1.29, 1.82) is 0 Å². The Morgan fingerprint density at radius 1 is 1.00 bits per heavy atom. The molecule has 2 heteroatoms. The first-order valence-corrected chi connectivity index (χ1v) is 8.64. The molecule has 1 N–H and O–H groups in total. The zero-order chi connectivity index (χ0) is 15.1. The van der Waals surface area contributed by atoms with Crippen LogP contribution in [0.4, 0.5) is 0 Å². The van der Waals surface area contributed by atoms with Gasteiger partial charge in [0.15, 0.2) is 0 Å². The van der Waals surface area contributed by atoms with Gasteiger partial charge in [-0.2, -0.15) is 0 Å². The van der Waals surface area contributed by atoms with E-state index in [4.69, 9.17) is 0 Å². The lowest BCUT2D eigenvalue weighted by atomic mass is 10.0. The maximum atomic E-state index is 3.61. The van der Waals surface area contributed by atoms with Crippen LogP contribution in [0.25, 0.3) is 0 Å². The molecule has 0 aliphatic carbocycles. The van der Waals surface area contributed by atoms with Gasteiger partial charge in [0.25, 0.3) is 0 Å². The third-order valence-corrected chi connectivity index (χ3v) is 4.70. The Labute approximate surface area is 133 Å². The fourth-order valence-corrected chi connectivity index (χ4v) is 3.39. The molecular formula is C19H25NS. The second kappa shape index (κ2) is 8.26. The minimum absolute atomic E-state index is 0.517. The minimum atomic E-state index is 0.517. The fraction of sp³-hybridized carbons (Fsp3) is 0.368. The highest BCUT2D eigenvalue weighted by atomic mass is 32.2. The second-order valence-corrected chi connectivity index (χ2v) is 6.67. The van der Waals surface area contributed by atoms with E-state index in [0.717, 1.165) is 18.7 Å². The topological polar surface area (TPSA) is 12.0 Å². The van der Waals surface area contributed by atoms with Crippen molar-refractivity contribution in [3.05, 3.63) is 65.2 Å². The highest BCUT2D eigenvalue weighted by Crippen LogP contribution is 2.20. The lowest BCUT2D eigenvalue weighted by Gasteiger charge is -2.18. The van der Waals surface area contributed by atoms with E-state index < -0.39 is 0 Å². The first-order valence-electron chi connectivity index (χ1n) is 7.65. The van der Waals surface area contributed by atoms with Gasteiger partial charge in [0, 0.05) is 16.7 Å². The molecule has 2 aromatic carbocycles. The molecule has 0 amide bonds. The zero-order valence-corrected chi connectivity index (χ0v) is 14.0. The van der Waals surface area contributed by atoms with E-state index in [1.807, 2.05) is 11.8 Å². The molecule has 112 valence electrons. The van der Waals surface area contributed by atoms with E-state index in [0.29, 0.717) is 6.04 Å². The average Bonchev–Trinajstić information content (AvgIpc) is 2.47. The van der Waals surface area contributed by atoms with E-state index in [1.165, 1.54) is 21.6 Å². The van der Waals surface area contributed by atoms with Gasteiger partial charge < -0.3 is 5.32 Å². The molecule has 1 unspecified atom stereocenters. The van der Waals surface area contributed by atoms with E-state index in [9.17, 15) is 0 Å². The first kappa shape index (κ1) is 16.1. The predicted octanol–water partition coefficient (Wildman–Crippen LogP) is 4.62. The van der Waals surface area contributed by atoms with Gasteiger partial charge >= 0.3 is 0 Å².